The van der Waals surface area contributed by atoms with Crippen LogP contribution >= 0.6 is 23.1 Å². The standard InChI is InChI=1S/C18H19N3O4S2/c1-9-10(2)27-17-15(9)16(23)20-14(21-17)8-26-11(3)18(24)25-7-13(22)12-5-4-6-19-12/h4-6,11,19H,7-8H2,1-3H3,(H,20,21,23). The third kappa shape index (κ3) is 4.30. The summed E-state index contributed by atoms with van der Waals surface area (Å²) in [6, 6.07) is 3.33. The Morgan fingerprint density at radius 2 is 2.15 bits per heavy atom. The van der Waals surface area contributed by atoms with Gasteiger partial charge in [0.15, 0.2) is 6.61 Å². The van der Waals surface area contributed by atoms with Gasteiger partial charge in [0.2, 0.25) is 5.78 Å². The molecule has 9 heteroatoms. The van der Waals surface area contributed by atoms with Crippen LogP contribution in [0.25, 0.3) is 10.2 Å². The Hall–Kier alpha value is -2.39. The Labute approximate surface area is 163 Å². The number of Topliss-reactive ketones (excluding diaryl/α,β-unsaturated/α-hetero) is 1. The molecule has 1 atom stereocenters. The van der Waals surface area contributed by atoms with E-state index in [1.54, 1.807) is 25.3 Å². The molecule has 3 heterocycles. The number of aromatic amines is 2. The van der Waals surface area contributed by atoms with Crippen molar-refractivity contribution >= 4 is 45.1 Å². The van der Waals surface area contributed by atoms with Crippen LogP contribution in [0.5, 0.6) is 0 Å². The quantitative estimate of drug-likeness (QED) is 0.462. The van der Waals surface area contributed by atoms with Gasteiger partial charge in [-0.3, -0.25) is 14.4 Å². The average Bonchev–Trinajstić information content (AvgIpc) is 3.26. The number of ketones is 1. The van der Waals surface area contributed by atoms with Gasteiger partial charge in [-0.1, -0.05) is 0 Å². The van der Waals surface area contributed by atoms with E-state index in [1.807, 2.05) is 13.8 Å². The molecule has 3 aromatic heterocycles. The minimum Gasteiger partial charge on any atom is -0.456 e. The highest BCUT2D eigenvalue weighted by molar-refractivity contribution is 7.99. The van der Waals surface area contributed by atoms with Gasteiger partial charge < -0.3 is 14.7 Å². The SMILES string of the molecule is Cc1sc2nc(CSC(C)C(=O)OCC(=O)c3ccc[nH]3)[nH]c(=O)c2c1C. The van der Waals surface area contributed by atoms with Crippen molar-refractivity contribution in [3.8, 4) is 0 Å². The summed E-state index contributed by atoms with van der Waals surface area (Å²) in [6.07, 6.45) is 1.63. The molecule has 0 amide bonds. The highest BCUT2D eigenvalue weighted by Crippen LogP contribution is 2.26. The van der Waals surface area contributed by atoms with Gasteiger partial charge in [-0.25, -0.2) is 4.98 Å². The Kier molecular flexibility index (Phi) is 5.81. The summed E-state index contributed by atoms with van der Waals surface area (Å²) in [5.74, 6) is 0.111. The van der Waals surface area contributed by atoms with Crippen LogP contribution in [0.1, 0.15) is 33.7 Å². The maximum Gasteiger partial charge on any atom is 0.319 e. The van der Waals surface area contributed by atoms with E-state index in [1.165, 1.54) is 23.1 Å². The lowest BCUT2D eigenvalue weighted by Crippen LogP contribution is -2.22. The number of esters is 1. The first-order valence-electron chi connectivity index (χ1n) is 8.30. The lowest BCUT2D eigenvalue weighted by atomic mass is 10.2. The largest absolute Gasteiger partial charge is 0.456 e. The van der Waals surface area contributed by atoms with E-state index in [2.05, 4.69) is 15.0 Å². The third-order valence-electron chi connectivity index (χ3n) is 4.13. The van der Waals surface area contributed by atoms with Crippen molar-refractivity contribution in [1.29, 1.82) is 0 Å². The van der Waals surface area contributed by atoms with Crippen LogP contribution < -0.4 is 5.56 Å². The Morgan fingerprint density at radius 1 is 1.37 bits per heavy atom. The van der Waals surface area contributed by atoms with Gasteiger partial charge in [0.05, 0.1) is 16.8 Å². The van der Waals surface area contributed by atoms with Crippen molar-refractivity contribution in [2.45, 2.75) is 31.8 Å². The lowest BCUT2D eigenvalue weighted by molar-refractivity contribution is -0.141. The van der Waals surface area contributed by atoms with Crippen molar-refractivity contribution in [3.63, 3.8) is 0 Å². The molecular weight excluding hydrogens is 386 g/mol. The monoisotopic (exact) mass is 405 g/mol. The second-order valence-electron chi connectivity index (χ2n) is 6.04. The van der Waals surface area contributed by atoms with Crippen molar-refractivity contribution in [2.75, 3.05) is 6.61 Å². The molecule has 0 radical (unpaired) electrons. The summed E-state index contributed by atoms with van der Waals surface area (Å²) in [6.45, 7) is 5.26. The number of rotatable bonds is 7. The van der Waals surface area contributed by atoms with E-state index in [0.29, 0.717) is 27.5 Å². The Bertz CT molecular complexity index is 1040. The van der Waals surface area contributed by atoms with E-state index in [4.69, 9.17) is 4.74 Å². The van der Waals surface area contributed by atoms with Gasteiger partial charge >= 0.3 is 5.97 Å². The fourth-order valence-corrected chi connectivity index (χ4v) is 4.27. The summed E-state index contributed by atoms with van der Waals surface area (Å²) in [7, 11) is 0. The zero-order valence-electron chi connectivity index (χ0n) is 15.1. The molecule has 0 fully saturated rings. The molecule has 0 saturated heterocycles. The number of carbonyl (C=O) groups excluding carboxylic acids is 2. The van der Waals surface area contributed by atoms with Crippen LogP contribution in [0.15, 0.2) is 23.1 Å². The average molecular weight is 406 g/mol. The van der Waals surface area contributed by atoms with Gasteiger partial charge in [-0.2, -0.15) is 0 Å². The molecule has 0 aliphatic carbocycles. The molecule has 142 valence electrons. The first-order valence-corrected chi connectivity index (χ1v) is 10.2. The smallest absolute Gasteiger partial charge is 0.319 e. The summed E-state index contributed by atoms with van der Waals surface area (Å²) in [5, 5.41) is 0.135. The number of nitrogens with one attached hydrogen (secondary N) is 2. The van der Waals surface area contributed by atoms with E-state index >= 15 is 0 Å². The number of aromatic nitrogens is 3. The van der Waals surface area contributed by atoms with Crippen LogP contribution in [-0.4, -0.2) is 38.6 Å². The van der Waals surface area contributed by atoms with Crippen LogP contribution in [0.4, 0.5) is 0 Å². The summed E-state index contributed by atoms with van der Waals surface area (Å²) in [4.78, 5) is 48.0. The van der Waals surface area contributed by atoms with Crippen molar-refractivity contribution in [1.82, 2.24) is 15.0 Å². The van der Waals surface area contributed by atoms with Gasteiger partial charge in [0.25, 0.3) is 5.56 Å². The summed E-state index contributed by atoms with van der Waals surface area (Å²) in [5.41, 5.74) is 1.19. The van der Waals surface area contributed by atoms with Gasteiger partial charge in [-0.15, -0.1) is 23.1 Å². The van der Waals surface area contributed by atoms with Crippen molar-refractivity contribution < 1.29 is 14.3 Å². The maximum absolute atomic E-state index is 12.3. The number of nitrogens with zero attached hydrogens (tertiary/aromatic N) is 1. The minimum atomic E-state index is -0.491. The third-order valence-corrected chi connectivity index (χ3v) is 6.37. The molecule has 0 aliphatic rings. The molecule has 2 N–H and O–H groups in total. The molecule has 27 heavy (non-hydrogen) atoms. The van der Waals surface area contributed by atoms with Crippen LogP contribution in [0.2, 0.25) is 0 Å². The molecule has 0 bridgehead atoms. The van der Waals surface area contributed by atoms with E-state index < -0.39 is 11.2 Å². The summed E-state index contributed by atoms with van der Waals surface area (Å²) >= 11 is 2.78. The summed E-state index contributed by atoms with van der Waals surface area (Å²) < 4.78 is 5.07. The van der Waals surface area contributed by atoms with Gasteiger partial charge in [0, 0.05) is 11.1 Å². The number of aryl methyl sites for hydroxylation is 2. The predicted molar refractivity (Wildman–Crippen MR) is 107 cm³/mol. The van der Waals surface area contributed by atoms with Crippen LogP contribution in [0, 0.1) is 13.8 Å². The Morgan fingerprint density at radius 3 is 2.85 bits per heavy atom. The fourth-order valence-electron chi connectivity index (χ4n) is 2.48. The number of H-pyrrole nitrogens is 2. The number of carbonyl (C=O) groups is 2. The number of fused-ring (bicyclic) bond motifs is 1. The topological polar surface area (TPSA) is 105 Å². The first-order chi connectivity index (χ1) is 12.9. The van der Waals surface area contributed by atoms with Crippen LogP contribution in [0.3, 0.4) is 0 Å². The van der Waals surface area contributed by atoms with E-state index in [9.17, 15) is 14.4 Å². The minimum absolute atomic E-state index is 0.163. The highest BCUT2D eigenvalue weighted by atomic mass is 32.2. The normalized spacial score (nSPS) is 12.3. The zero-order valence-corrected chi connectivity index (χ0v) is 16.8. The first kappa shape index (κ1) is 19.4. The number of thiophene rings is 1. The van der Waals surface area contributed by atoms with Crippen molar-refractivity contribution in [2.24, 2.45) is 0 Å². The number of hydrogen-bond acceptors (Lipinski definition) is 7. The lowest BCUT2D eigenvalue weighted by Gasteiger charge is -2.10. The predicted octanol–water partition coefficient (Wildman–Crippen LogP) is 2.98. The van der Waals surface area contributed by atoms with E-state index in [0.717, 1.165) is 10.4 Å². The van der Waals surface area contributed by atoms with Crippen LogP contribution in [-0.2, 0) is 15.3 Å². The van der Waals surface area contributed by atoms with E-state index in [-0.39, 0.29) is 17.9 Å². The molecule has 1 unspecified atom stereocenters. The fraction of sp³-hybridized carbons (Fsp3) is 0.333. The highest BCUT2D eigenvalue weighted by Gasteiger charge is 2.19. The maximum atomic E-state index is 12.3. The van der Waals surface area contributed by atoms with Gasteiger partial charge in [0.1, 0.15) is 15.9 Å². The molecule has 3 rings (SSSR count). The second-order valence-corrected chi connectivity index (χ2v) is 8.58. The molecule has 0 spiro atoms. The second kappa shape index (κ2) is 8.10. The molecule has 7 nitrogen and oxygen atoms in total. The van der Waals surface area contributed by atoms with Gasteiger partial charge in [-0.05, 0) is 38.5 Å². The molecule has 0 aliphatic heterocycles. The Balaban J connectivity index is 1.57. The number of thioether (sulfide) groups is 1. The number of ether oxygens (including phenoxy) is 1. The molecular formula is C18H19N3O4S2. The molecule has 0 aromatic carbocycles. The molecule has 3 aromatic rings. The zero-order chi connectivity index (χ0) is 19.6. The number of hydrogen-bond donors (Lipinski definition) is 2. The van der Waals surface area contributed by atoms with Crippen molar-refractivity contribution in [3.05, 3.63) is 50.6 Å². The molecule has 0 saturated carbocycles.